The molecule has 1 unspecified atom stereocenters. The molecule has 2 N–H and O–H groups in total. The van der Waals surface area contributed by atoms with E-state index in [9.17, 15) is 9.59 Å². The minimum absolute atomic E-state index is 0.0464. The summed E-state index contributed by atoms with van der Waals surface area (Å²) in [6.45, 7) is 2.24. The highest BCUT2D eigenvalue weighted by molar-refractivity contribution is 5.72. The van der Waals surface area contributed by atoms with Crippen molar-refractivity contribution in [3.63, 3.8) is 0 Å². The van der Waals surface area contributed by atoms with Gasteiger partial charge in [-0.15, -0.1) is 0 Å². The maximum Gasteiger partial charge on any atom is 0.306 e. The molecule has 0 radical (unpaired) electrons. The highest BCUT2D eigenvalue weighted by Crippen LogP contribution is 2.18. The second kappa shape index (κ2) is 15.8. The smallest absolute Gasteiger partial charge is 0.306 e. The third-order valence-corrected chi connectivity index (χ3v) is 4.46. The molecule has 0 aliphatic rings. The Bertz CT molecular complexity index is 302. The fourth-order valence-corrected chi connectivity index (χ4v) is 2.92. The summed E-state index contributed by atoms with van der Waals surface area (Å²) in [5, 5.41) is 17.7. The van der Waals surface area contributed by atoms with E-state index in [1.807, 2.05) is 0 Å². The zero-order valence-electron chi connectivity index (χ0n) is 14.9. The lowest BCUT2D eigenvalue weighted by molar-refractivity contribution is -0.143. The van der Waals surface area contributed by atoms with Gasteiger partial charge in [-0.3, -0.25) is 9.59 Å². The standard InChI is InChI=1S/C19H36O4/c1-2-3-4-5-6-7-8-9-10-11-12-13-14-17(19(22)23)15-16-18(20)21/h17H,2-16H2,1H3,(H,20,21)(H,22,23). The minimum Gasteiger partial charge on any atom is -0.481 e. The van der Waals surface area contributed by atoms with Crippen LogP contribution in [0.1, 0.15) is 103 Å². The first kappa shape index (κ1) is 21.9. The number of carbonyl (C=O) groups is 2. The molecule has 0 aliphatic carbocycles. The molecule has 0 aromatic rings. The first-order valence-electron chi connectivity index (χ1n) is 9.52. The molecule has 0 aromatic heterocycles. The van der Waals surface area contributed by atoms with E-state index in [-0.39, 0.29) is 12.8 Å². The van der Waals surface area contributed by atoms with Crippen molar-refractivity contribution < 1.29 is 19.8 Å². The van der Waals surface area contributed by atoms with E-state index in [1.54, 1.807) is 0 Å². The Morgan fingerprint density at radius 3 is 1.52 bits per heavy atom. The zero-order chi connectivity index (χ0) is 17.3. The first-order chi connectivity index (χ1) is 11.1. The van der Waals surface area contributed by atoms with Crippen LogP contribution in [-0.4, -0.2) is 22.2 Å². The number of hydrogen-bond donors (Lipinski definition) is 2. The number of carboxylic acid groups (broad SMARTS) is 2. The second-order valence-electron chi connectivity index (χ2n) is 6.65. The first-order valence-corrected chi connectivity index (χ1v) is 9.52. The number of rotatable bonds is 17. The molecule has 4 heteroatoms. The van der Waals surface area contributed by atoms with Crippen molar-refractivity contribution in [1.29, 1.82) is 0 Å². The number of unbranched alkanes of at least 4 members (excludes halogenated alkanes) is 11. The fraction of sp³-hybridized carbons (Fsp3) is 0.895. The lowest BCUT2D eigenvalue weighted by Crippen LogP contribution is -2.15. The molecule has 0 saturated carbocycles. The van der Waals surface area contributed by atoms with E-state index in [0.717, 1.165) is 12.8 Å². The van der Waals surface area contributed by atoms with Crippen LogP contribution in [0.5, 0.6) is 0 Å². The molecule has 0 fully saturated rings. The van der Waals surface area contributed by atoms with Gasteiger partial charge in [0.1, 0.15) is 0 Å². The summed E-state index contributed by atoms with van der Waals surface area (Å²) in [4.78, 5) is 21.6. The van der Waals surface area contributed by atoms with Crippen molar-refractivity contribution in [3.05, 3.63) is 0 Å². The molecular weight excluding hydrogens is 292 g/mol. The van der Waals surface area contributed by atoms with Crippen LogP contribution >= 0.6 is 0 Å². The highest BCUT2D eigenvalue weighted by atomic mass is 16.4. The molecule has 4 nitrogen and oxygen atoms in total. The van der Waals surface area contributed by atoms with Crippen LogP contribution in [0, 0.1) is 5.92 Å². The molecule has 1 atom stereocenters. The fourth-order valence-electron chi connectivity index (χ4n) is 2.92. The highest BCUT2D eigenvalue weighted by Gasteiger charge is 2.17. The molecule has 0 saturated heterocycles. The third-order valence-electron chi connectivity index (χ3n) is 4.46. The van der Waals surface area contributed by atoms with Gasteiger partial charge in [0.25, 0.3) is 0 Å². The molecule has 136 valence electrons. The SMILES string of the molecule is CCCCCCCCCCCCCCC(CCC(=O)O)C(=O)O. The van der Waals surface area contributed by atoms with Crippen molar-refractivity contribution in [2.45, 2.75) is 103 Å². The van der Waals surface area contributed by atoms with Crippen LogP contribution in [0.25, 0.3) is 0 Å². The van der Waals surface area contributed by atoms with Gasteiger partial charge in [-0.2, -0.15) is 0 Å². The third kappa shape index (κ3) is 15.6. The molecule has 0 rings (SSSR count). The summed E-state index contributed by atoms with van der Waals surface area (Å²) in [6.07, 6.45) is 15.9. The largest absolute Gasteiger partial charge is 0.481 e. The van der Waals surface area contributed by atoms with Crippen molar-refractivity contribution >= 4 is 11.9 Å². The maximum absolute atomic E-state index is 11.1. The zero-order valence-corrected chi connectivity index (χ0v) is 14.9. The van der Waals surface area contributed by atoms with Gasteiger partial charge in [-0.05, 0) is 12.8 Å². The lowest BCUT2D eigenvalue weighted by atomic mass is 9.95. The van der Waals surface area contributed by atoms with Crippen LogP contribution in [-0.2, 0) is 9.59 Å². The summed E-state index contributed by atoms with van der Waals surface area (Å²) >= 11 is 0. The quantitative estimate of drug-likeness (QED) is 0.339. The Kier molecular flexibility index (Phi) is 15.1. The summed E-state index contributed by atoms with van der Waals surface area (Å²) in [5.74, 6) is -2.26. The molecule has 0 spiro atoms. The van der Waals surface area contributed by atoms with Gasteiger partial charge in [0, 0.05) is 6.42 Å². The molecule has 0 bridgehead atoms. The van der Waals surface area contributed by atoms with E-state index in [0.29, 0.717) is 6.42 Å². The van der Waals surface area contributed by atoms with Gasteiger partial charge in [-0.25, -0.2) is 0 Å². The van der Waals surface area contributed by atoms with E-state index >= 15 is 0 Å². The van der Waals surface area contributed by atoms with Crippen LogP contribution in [0.2, 0.25) is 0 Å². The summed E-state index contributed by atoms with van der Waals surface area (Å²) < 4.78 is 0. The van der Waals surface area contributed by atoms with Crippen LogP contribution in [0.3, 0.4) is 0 Å². The van der Waals surface area contributed by atoms with Gasteiger partial charge in [-0.1, -0.05) is 84.0 Å². The normalized spacial score (nSPS) is 12.2. The van der Waals surface area contributed by atoms with Crippen molar-refractivity contribution in [2.24, 2.45) is 5.92 Å². The van der Waals surface area contributed by atoms with Gasteiger partial charge >= 0.3 is 11.9 Å². The predicted octanol–water partition coefficient (Wildman–Crippen LogP) is 5.64. The average molecular weight is 328 g/mol. The Labute approximate surface area is 141 Å². The van der Waals surface area contributed by atoms with Gasteiger partial charge in [0.2, 0.25) is 0 Å². The van der Waals surface area contributed by atoms with Crippen molar-refractivity contribution in [2.75, 3.05) is 0 Å². The van der Waals surface area contributed by atoms with Crippen LogP contribution < -0.4 is 0 Å². The van der Waals surface area contributed by atoms with Crippen LogP contribution in [0.4, 0.5) is 0 Å². The topological polar surface area (TPSA) is 74.6 Å². The lowest BCUT2D eigenvalue weighted by Gasteiger charge is -2.10. The van der Waals surface area contributed by atoms with Crippen molar-refractivity contribution in [1.82, 2.24) is 0 Å². The second-order valence-corrected chi connectivity index (χ2v) is 6.65. The Morgan fingerprint density at radius 2 is 1.13 bits per heavy atom. The van der Waals surface area contributed by atoms with Gasteiger partial charge < -0.3 is 10.2 Å². The summed E-state index contributed by atoms with van der Waals surface area (Å²) in [7, 11) is 0. The minimum atomic E-state index is -0.911. The van der Waals surface area contributed by atoms with Gasteiger partial charge in [0.05, 0.1) is 5.92 Å². The Hall–Kier alpha value is -1.06. The van der Waals surface area contributed by atoms with E-state index in [1.165, 1.54) is 64.2 Å². The monoisotopic (exact) mass is 328 g/mol. The Balaban J connectivity index is 3.39. The molecule has 0 aliphatic heterocycles. The number of aliphatic carboxylic acids is 2. The summed E-state index contributed by atoms with van der Waals surface area (Å²) in [6, 6.07) is 0. The molecule has 0 aromatic carbocycles. The molecule has 0 heterocycles. The van der Waals surface area contributed by atoms with Gasteiger partial charge in [0.15, 0.2) is 0 Å². The number of hydrogen-bond acceptors (Lipinski definition) is 2. The Morgan fingerprint density at radius 1 is 0.696 bits per heavy atom. The van der Waals surface area contributed by atoms with E-state index in [4.69, 9.17) is 10.2 Å². The maximum atomic E-state index is 11.1. The number of carboxylic acids is 2. The van der Waals surface area contributed by atoms with Crippen LogP contribution in [0.15, 0.2) is 0 Å². The molecule has 0 amide bonds. The molecule has 23 heavy (non-hydrogen) atoms. The average Bonchev–Trinajstić information content (AvgIpc) is 2.50. The van der Waals surface area contributed by atoms with Crippen molar-refractivity contribution in [3.8, 4) is 0 Å². The predicted molar refractivity (Wildman–Crippen MR) is 93.7 cm³/mol. The molecular formula is C19H36O4. The van der Waals surface area contributed by atoms with E-state index < -0.39 is 17.9 Å². The summed E-state index contributed by atoms with van der Waals surface area (Å²) in [5.41, 5.74) is 0. The van der Waals surface area contributed by atoms with E-state index in [2.05, 4.69) is 6.92 Å².